The normalized spacial score (nSPS) is 12.1. The summed E-state index contributed by atoms with van der Waals surface area (Å²) in [7, 11) is -2.12. The largest absolute Gasteiger partial charge is 0.497 e. The van der Waals surface area contributed by atoms with Gasteiger partial charge in [0.1, 0.15) is 11.3 Å². The number of anilines is 1. The highest BCUT2D eigenvalue weighted by Gasteiger charge is 2.22. The summed E-state index contributed by atoms with van der Waals surface area (Å²) in [5.41, 5.74) is 1.16. The average molecular weight is 416 g/mol. The molecule has 0 atom stereocenters. The maximum Gasteiger partial charge on any atom is 0.241 e. The van der Waals surface area contributed by atoms with Gasteiger partial charge >= 0.3 is 0 Å². The molecule has 2 N–H and O–H groups in total. The minimum Gasteiger partial charge on any atom is -0.497 e. The number of rotatable bonds is 6. The highest BCUT2D eigenvalue weighted by atomic mass is 32.2. The number of ether oxygens (including phenoxy) is 1. The van der Waals surface area contributed by atoms with Gasteiger partial charge in [0.2, 0.25) is 15.9 Å². The second-order valence-electron chi connectivity index (χ2n) is 7.73. The molecule has 0 aliphatic rings. The Balaban J connectivity index is 1.75. The molecular weight excluding hydrogens is 392 g/mol. The minimum absolute atomic E-state index is 0.0890. The van der Waals surface area contributed by atoms with Crippen LogP contribution >= 0.6 is 0 Å². The van der Waals surface area contributed by atoms with Gasteiger partial charge in [-0.05, 0) is 51.1 Å². The van der Waals surface area contributed by atoms with Crippen LogP contribution in [0.15, 0.2) is 58.0 Å². The molecule has 0 saturated carbocycles. The van der Waals surface area contributed by atoms with Crippen molar-refractivity contribution >= 4 is 32.6 Å². The van der Waals surface area contributed by atoms with Crippen LogP contribution in [0.3, 0.4) is 0 Å². The van der Waals surface area contributed by atoms with Crippen LogP contribution in [0, 0.1) is 0 Å². The number of hydrogen-bond donors (Lipinski definition) is 2. The van der Waals surface area contributed by atoms with E-state index in [0.717, 1.165) is 10.9 Å². The molecule has 7 nitrogen and oxygen atoms in total. The molecule has 1 aromatic heterocycles. The number of benzene rings is 2. The summed E-state index contributed by atoms with van der Waals surface area (Å²) in [5, 5.41) is 3.57. The molecule has 2 aromatic carbocycles. The zero-order valence-corrected chi connectivity index (χ0v) is 17.6. The van der Waals surface area contributed by atoms with Gasteiger partial charge in [-0.25, -0.2) is 13.1 Å². The van der Waals surface area contributed by atoms with Crippen molar-refractivity contribution < 1.29 is 22.4 Å². The molecule has 1 amide bonds. The number of furan rings is 1. The van der Waals surface area contributed by atoms with Crippen molar-refractivity contribution in [2.75, 3.05) is 12.4 Å². The molecule has 3 aromatic rings. The predicted molar refractivity (Wildman–Crippen MR) is 112 cm³/mol. The molecular formula is C21H24N2O5S. The van der Waals surface area contributed by atoms with Gasteiger partial charge in [0.25, 0.3) is 0 Å². The van der Waals surface area contributed by atoms with Crippen LogP contribution in [0.4, 0.5) is 5.69 Å². The molecule has 0 spiro atoms. The number of fused-ring (bicyclic) bond motifs is 1. The standard InChI is InChI=1S/C21H24N2O5S/c1-21(2,3)23-29(25,26)17-7-5-6-15(11-17)22-20(24)10-14-13-28-19-12-16(27-4)8-9-18(14)19/h5-9,11-13,23H,10H2,1-4H3,(H,22,24). The van der Waals surface area contributed by atoms with E-state index in [9.17, 15) is 13.2 Å². The zero-order chi connectivity index (χ0) is 21.2. The lowest BCUT2D eigenvalue weighted by molar-refractivity contribution is -0.115. The van der Waals surface area contributed by atoms with Crippen LogP contribution in [0.5, 0.6) is 5.75 Å². The third-order valence-electron chi connectivity index (χ3n) is 4.08. The van der Waals surface area contributed by atoms with E-state index in [1.165, 1.54) is 18.4 Å². The number of carbonyl (C=O) groups is 1. The molecule has 8 heteroatoms. The van der Waals surface area contributed by atoms with Crippen LogP contribution < -0.4 is 14.8 Å². The Morgan fingerprint density at radius 1 is 1.14 bits per heavy atom. The van der Waals surface area contributed by atoms with Crippen LogP contribution in [0.1, 0.15) is 26.3 Å². The Bertz CT molecular complexity index is 1140. The second kappa shape index (κ2) is 7.88. The fourth-order valence-electron chi connectivity index (χ4n) is 2.91. The Kier molecular flexibility index (Phi) is 5.68. The first-order chi connectivity index (χ1) is 13.6. The summed E-state index contributed by atoms with van der Waals surface area (Å²) in [6.07, 6.45) is 1.63. The fourth-order valence-corrected chi connectivity index (χ4v) is 4.37. The molecule has 0 unspecified atom stereocenters. The van der Waals surface area contributed by atoms with Crippen molar-refractivity contribution in [2.24, 2.45) is 0 Å². The number of methoxy groups -OCH3 is 1. The van der Waals surface area contributed by atoms with Gasteiger partial charge in [-0.1, -0.05) is 6.07 Å². The predicted octanol–water partition coefficient (Wildman–Crippen LogP) is 3.70. The van der Waals surface area contributed by atoms with Gasteiger partial charge in [0, 0.05) is 28.2 Å². The average Bonchev–Trinajstić information content (AvgIpc) is 3.01. The summed E-state index contributed by atoms with van der Waals surface area (Å²) in [6, 6.07) is 11.6. The first kappa shape index (κ1) is 20.9. The van der Waals surface area contributed by atoms with E-state index in [1.54, 1.807) is 52.1 Å². The Morgan fingerprint density at radius 2 is 1.90 bits per heavy atom. The summed E-state index contributed by atoms with van der Waals surface area (Å²) in [5.74, 6) is 0.395. The zero-order valence-electron chi connectivity index (χ0n) is 16.8. The molecule has 0 saturated heterocycles. The lowest BCUT2D eigenvalue weighted by Gasteiger charge is -2.20. The van der Waals surface area contributed by atoms with Gasteiger partial charge in [-0.15, -0.1) is 0 Å². The van der Waals surface area contributed by atoms with Crippen molar-refractivity contribution in [3.63, 3.8) is 0 Å². The molecule has 3 rings (SSSR count). The van der Waals surface area contributed by atoms with E-state index in [0.29, 0.717) is 17.0 Å². The third-order valence-corrected chi connectivity index (χ3v) is 5.84. The third kappa shape index (κ3) is 5.16. The maximum atomic E-state index is 12.5. The van der Waals surface area contributed by atoms with Crippen LogP contribution in [-0.4, -0.2) is 27.0 Å². The van der Waals surface area contributed by atoms with Gasteiger partial charge in [-0.2, -0.15) is 0 Å². The second-order valence-corrected chi connectivity index (χ2v) is 9.41. The number of sulfonamides is 1. The van der Waals surface area contributed by atoms with E-state index in [4.69, 9.17) is 9.15 Å². The number of hydrogen-bond acceptors (Lipinski definition) is 5. The summed E-state index contributed by atoms with van der Waals surface area (Å²) in [4.78, 5) is 12.6. The lowest BCUT2D eigenvalue weighted by Crippen LogP contribution is -2.40. The van der Waals surface area contributed by atoms with Crippen LogP contribution in [0.2, 0.25) is 0 Å². The van der Waals surface area contributed by atoms with Gasteiger partial charge in [0.05, 0.1) is 24.7 Å². The molecule has 1 heterocycles. The SMILES string of the molecule is COc1ccc2c(CC(=O)Nc3cccc(S(=O)(=O)NC(C)(C)C)c3)coc2c1. The molecule has 0 aliphatic carbocycles. The number of amides is 1. The Hall–Kier alpha value is -2.84. The first-order valence-electron chi connectivity index (χ1n) is 9.05. The van der Waals surface area contributed by atoms with Gasteiger partial charge < -0.3 is 14.5 Å². The van der Waals surface area contributed by atoms with E-state index >= 15 is 0 Å². The first-order valence-corrected chi connectivity index (χ1v) is 10.5. The molecule has 0 fully saturated rings. The topological polar surface area (TPSA) is 97.6 Å². The summed E-state index contributed by atoms with van der Waals surface area (Å²) < 4.78 is 38.3. The van der Waals surface area contributed by atoms with Crippen molar-refractivity contribution in [1.29, 1.82) is 0 Å². The number of carbonyl (C=O) groups excluding carboxylic acids is 1. The highest BCUT2D eigenvalue weighted by molar-refractivity contribution is 7.89. The quantitative estimate of drug-likeness (QED) is 0.639. The van der Waals surface area contributed by atoms with E-state index in [1.807, 2.05) is 6.07 Å². The molecule has 0 aliphatic heterocycles. The minimum atomic E-state index is -3.69. The van der Waals surface area contributed by atoms with Crippen molar-refractivity contribution in [3.8, 4) is 5.75 Å². The smallest absolute Gasteiger partial charge is 0.241 e. The Labute approximate surface area is 170 Å². The summed E-state index contributed by atoms with van der Waals surface area (Å²) >= 11 is 0. The van der Waals surface area contributed by atoms with E-state index < -0.39 is 15.6 Å². The maximum absolute atomic E-state index is 12.5. The van der Waals surface area contributed by atoms with Gasteiger partial charge in [-0.3, -0.25) is 4.79 Å². The van der Waals surface area contributed by atoms with Crippen molar-refractivity contribution in [1.82, 2.24) is 4.72 Å². The number of nitrogens with one attached hydrogen (secondary N) is 2. The van der Waals surface area contributed by atoms with Crippen molar-refractivity contribution in [2.45, 2.75) is 37.6 Å². The van der Waals surface area contributed by atoms with Crippen LogP contribution in [-0.2, 0) is 21.2 Å². The highest BCUT2D eigenvalue weighted by Crippen LogP contribution is 2.26. The van der Waals surface area contributed by atoms with Crippen molar-refractivity contribution in [3.05, 3.63) is 54.3 Å². The van der Waals surface area contributed by atoms with E-state index in [-0.39, 0.29) is 17.2 Å². The van der Waals surface area contributed by atoms with Gasteiger partial charge in [0.15, 0.2) is 0 Å². The Morgan fingerprint density at radius 3 is 2.59 bits per heavy atom. The summed E-state index contributed by atoms with van der Waals surface area (Å²) in [6.45, 7) is 5.29. The fraction of sp³-hybridized carbons (Fsp3) is 0.286. The van der Waals surface area contributed by atoms with Crippen LogP contribution in [0.25, 0.3) is 11.0 Å². The molecule has 154 valence electrons. The monoisotopic (exact) mass is 416 g/mol. The lowest BCUT2D eigenvalue weighted by atomic mass is 10.1. The molecule has 0 bridgehead atoms. The van der Waals surface area contributed by atoms with E-state index in [2.05, 4.69) is 10.0 Å². The molecule has 0 radical (unpaired) electrons. The molecule has 29 heavy (non-hydrogen) atoms.